The van der Waals surface area contributed by atoms with E-state index in [0.29, 0.717) is 13.1 Å². The van der Waals surface area contributed by atoms with Crippen molar-refractivity contribution < 1.29 is 14.6 Å². The van der Waals surface area contributed by atoms with Gasteiger partial charge in [0.15, 0.2) is 0 Å². The summed E-state index contributed by atoms with van der Waals surface area (Å²) in [6.07, 6.45) is 3.77. The van der Waals surface area contributed by atoms with Gasteiger partial charge in [-0.1, -0.05) is 19.1 Å². The lowest BCUT2D eigenvalue weighted by Crippen LogP contribution is -2.46. The van der Waals surface area contributed by atoms with E-state index >= 15 is 0 Å². The highest BCUT2D eigenvalue weighted by atomic mass is 16.5. The molecule has 0 saturated carbocycles. The second kappa shape index (κ2) is 9.04. The van der Waals surface area contributed by atoms with Gasteiger partial charge in [-0.2, -0.15) is 0 Å². The molecule has 1 amide bonds. The van der Waals surface area contributed by atoms with Crippen LogP contribution in [0.2, 0.25) is 0 Å². The van der Waals surface area contributed by atoms with Crippen molar-refractivity contribution in [3.8, 4) is 5.75 Å². The van der Waals surface area contributed by atoms with Crippen LogP contribution >= 0.6 is 0 Å². The van der Waals surface area contributed by atoms with Crippen LogP contribution in [0.15, 0.2) is 24.3 Å². The molecule has 5 heteroatoms. The van der Waals surface area contributed by atoms with E-state index in [1.54, 1.807) is 7.11 Å². The van der Waals surface area contributed by atoms with Crippen molar-refractivity contribution in [2.75, 3.05) is 39.9 Å². The summed E-state index contributed by atoms with van der Waals surface area (Å²) in [6.45, 7) is 5.27. The largest absolute Gasteiger partial charge is 0.497 e. The third-order valence-corrected chi connectivity index (χ3v) is 5.26. The van der Waals surface area contributed by atoms with Crippen LogP contribution in [0.1, 0.15) is 31.7 Å². The molecular weight excluding hydrogens is 304 g/mol. The Hall–Kier alpha value is -1.59. The Bertz CT molecular complexity index is 502. The number of nitrogens with zero attached hydrogens (tertiary/aromatic N) is 1. The van der Waals surface area contributed by atoms with Gasteiger partial charge in [0.1, 0.15) is 5.75 Å². The van der Waals surface area contributed by atoms with Gasteiger partial charge in [0.25, 0.3) is 0 Å². The molecule has 1 aromatic carbocycles. The molecule has 1 aromatic rings. The number of nitrogens with one attached hydrogen (secondary N) is 1. The van der Waals surface area contributed by atoms with Crippen LogP contribution in [0.5, 0.6) is 5.75 Å². The van der Waals surface area contributed by atoms with E-state index in [1.807, 2.05) is 24.3 Å². The van der Waals surface area contributed by atoms with Gasteiger partial charge in [0.05, 0.1) is 13.7 Å². The molecular formula is C19H30N2O3. The summed E-state index contributed by atoms with van der Waals surface area (Å²) in [5.74, 6) is 0.926. The van der Waals surface area contributed by atoms with Gasteiger partial charge in [0.2, 0.25) is 5.91 Å². The van der Waals surface area contributed by atoms with Crippen LogP contribution in [0.25, 0.3) is 0 Å². The molecule has 2 N–H and O–H groups in total. The minimum atomic E-state index is 0.0708. The molecule has 134 valence electrons. The lowest BCUT2D eigenvalue weighted by atomic mass is 9.77. The molecule has 2 rings (SSSR count). The van der Waals surface area contributed by atoms with Crippen molar-refractivity contribution in [1.29, 1.82) is 0 Å². The zero-order valence-corrected chi connectivity index (χ0v) is 14.9. The fraction of sp³-hybridized carbons (Fsp3) is 0.632. The second-order valence-corrected chi connectivity index (χ2v) is 6.74. The summed E-state index contributed by atoms with van der Waals surface area (Å²) in [5.41, 5.74) is 1.26. The first-order valence-corrected chi connectivity index (χ1v) is 8.83. The van der Waals surface area contributed by atoms with E-state index in [1.165, 1.54) is 5.56 Å². The normalized spacial score (nSPS) is 17.5. The average Bonchev–Trinajstić information content (AvgIpc) is 2.63. The number of hydrogen-bond donors (Lipinski definition) is 2. The minimum Gasteiger partial charge on any atom is -0.497 e. The highest BCUT2D eigenvalue weighted by molar-refractivity contribution is 5.78. The van der Waals surface area contributed by atoms with E-state index in [2.05, 4.69) is 17.1 Å². The van der Waals surface area contributed by atoms with E-state index in [0.717, 1.165) is 44.5 Å². The summed E-state index contributed by atoms with van der Waals surface area (Å²) in [4.78, 5) is 14.3. The zero-order chi connectivity index (χ0) is 17.4. The molecule has 24 heavy (non-hydrogen) atoms. The van der Waals surface area contributed by atoms with Crippen LogP contribution in [0.3, 0.4) is 0 Å². The Morgan fingerprint density at radius 3 is 2.50 bits per heavy atom. The topological polar surface area (TPSA) is 61.8 Å². The second-order valence-electron chi connectivity index (χ2n) is 6.74. The van der Waals surface area contributed by atoms with Gasteiger partial charge >= 0.3 is 0 Å². The smallest absolute Gasteiger partial charge is 0.234 e. The van der Waals surface area contributed by atoms with Crippen molar-refractivity contribution in [3.05, 3.63) is 29.8 Å². The van der Waals surface area contributed by atoms with E-state index in [4.69, 9.17) is 4.74 Å². The quantitative estimate of drug-likeness (QED) is 0.761. The predicted octanol–water partition coefficient (Wildman–Crippen LogP) is 1.84. The van der Waals surface area contributed by atoms with Crippen LogP contribution < -0.4 is 10.1 Å². The fourth-order valence-electron chi connectivity index (χ4n) is 3.21. The third kappa shape index (κ3) is 5.21. The number of aliphatic hydroxyl groups is 1. The number of ether oxygens (including phenoxy) is 1. The van der Waals surface area contributed by atoms with Crippen molar-refractivity contribution in [3.63, 3.8) is 0 Å². The van der Waals surface area contributed by atoms with Crippen LogP contribution in [-0.4, -0.2) is 55.8 Å². The zero-order valence-electron chi connectivity index (χ0n) is 14.9. The summed E-state index contributed by atoms with van der Waals surface area (Å²) in [6, 6.07) is 7.92. The lowest BCUT2D eigenvalue weighted by molar-refractivity contribution is -0.122. The molecule has 0 aliphatic carbocycles. The van der Waals surface area contributed by atoms with Crippen molar-refractivity contribution in [2.24, 2.45) is 5.41 Å². The minimum absolute atomic E-state index is 0.0708. The molecule has 1 aliphatic heterocycles. The van der Waals surface area contributed by atoms with Gasteiger partial charge in [-0.25, -0.2) is 0 Å². The number of aliphatic hydroxyl groups excluding tert-OH is 1. The Morgan fingerprint density at radius 1 is 1.29 bits per heavy atom. The van der Waals surface area contributed by atoms with Crippen LogP contribution in [0, 0.1) is 5.41 Å². The number of benzene rings is 1. The van der Waals surface area contributed by atoms with Gasteiger partial charge in [-0.3, -0.25) is 9.69 Å². The number of likely N-dealkylation sites (tertiary alicyclic amines) is 1. The third-order valence-electron chi connectivity index (χ3n) is 5.26. The number of methoxy groups -OCH3 is 1. The predicted molar refractivity (Wildman–Crippen MR) is 95.2 cm³/mol. The first-order valence-electron chi connectivity index (χ1n) is 8.83. The summed E-state index contributed by atoms with van der Waals surface area (Å²) < 4.78 is 5.14. The number of carbonyl (C=O) groups is 1. The maximum atomic E-state index is 12.1. The van der Waals surface area contributed by atoms with Crippen molar-refractivity contribution >= 4 is 5.91 Å². The number of piperidine rings is 1. The highest BCUT2D eigenvalue weighted by Gasteiger charge is 2.32. The Morgan fingerprint density at radius 2 is 1.96 bits per heavy atom. The molecule has 0 spiro atoms. The van der Waals surface area contributed by atoms with E-state index in [9.17, 15) is 9.90 Å². The van der Waals surface area contributed by atoms with Gasteiger partial charge in [-0.15, -0.1) is 0 Å². The van der Waals surface area contributed by atoms with Crippen molar-refractivity contribution in [1.82, 2.24) is 10.2 Å². The number of hydrogen-bond acceptors (Lipinski definition) is 4. The van der Waals surface area contributed by atoms with Crippen LogP contribution in [0.4, 0.5) is 0 Å². The van der Waals surface area contributed by atoms with Gasteiger partial charge < -0.3 is 15.2 Å². The molecule has 0 radical (unpaired) electrons. The van der Waals surface area contributed by atoms with E-state index < -0.39 is 0 Å². The molecule has 0 aromatic heterocycles. The first-order chi connectivity index (χ1) is 11.6. The van der Waals surface area contributed by atoms with Crippen LogP contribution in [-0.2, 0) is 11.2 Å². The average molecular weight is 334 g/mol. The Kier molecular flexibility index (Phi) is 7.06. The number of carbonyl (C=O) groups excluding carboxylic acids is 1. The maximum absolute atomic E-state index is 12.1. The number of rotatable bonds is 8. The molecule has 0 unspecified atom stereocenters. The van der Waals surface area contributed by atoms with Crippen molar-refractivity contribution in [2.45, 2.75) is 32.6 Å². The lowest BCUT2D eigenvalue weighted by Gasteiger charge is -2.39. The summed E-state index contributed by atoms with van der Waals surface area (Å²) in [5, 5.41) is 12.6. The first kappa shape index (κ1) is 18.7. The standard InChI is InChI=1S/C19H30N2O3/c1-3-19(15-22)9-12-21(13-10-19)14-18(23)20-11-8-16-4-6-17(24-2)7-5-16/h4-7,22H,3,8-15H2,1-2H3,(H,20,23). The Balaban J connectivity index is 1.66. The molecule has 0 atom stereocenters. The summed E-state index contributed by atoms with van der Waals surface area (Å²) in [7, 11) is 1.65. The molecule has 0 bridgehead atoms. The molecule has 1 fully saturated rings. The highest BCUT2D eigenvalue weighted by Crippen LogP contribution is 2.33. The van der Waals surface area contributed by atoms with Gasteiger partial charge in [0, 0.05) is 13.2 Å². The molecule has 1 heterocycles. The molecule has 5 nitrogen and oxygen atoms in total. The monoisotopic (exact) mass is 334 g/mol. The molecule has 1 aliphatic rings. The van der Waals surface area contributed by atoms with E-state index in [-0.39, 0.29) is 17.9 Å². The summed E-state index contributed by atoms with van der Waals surface area (Å²) >= 11 is 0. The Labute approximate surface area is 145 Å². The molecule has 1 saturated heterocycles. The maximum Gasteiger partial charge on any atom is 0.234 e. The fourth-order valence-corrected chi connectivity index (χ4v) is 3.21. The van der Waals surface area contributed by atoms with Gasteiger partial charge in [-0.05, 0) is 61.9 Å². The number of amides is 1. The SMILES string of the molecule is CCC1(CO)CCN(CC(=O)NCCc2ccc(OC)cc2)CC1.